The second-order valence-corrected chi connectivity index (χ2v) is 4.44. The molecule has 2 N–H and O–H groups in total. The molecule has 0 bridgehead atoms. The second-order valence-electron chi connectivity index (χ2n) is 4.44. The zero-order chi connectivity index (χ0) is 11.8. The minimum absolute atomic E-state index is 0.288. The van der Waals surface area contributed by atoms with Crippen LogP contribution in [0.3, 0.4) is 0 Å². The van der Waals surface area contributed by atoms with Gasteiger partial charge in [0.05, 0.1) is 12.6 Å². The molecule has 1 amide bonds. The molecule has 0 aromatic rings. The third kappa shape index (κ3) is 4.10. The molecule has 0 aromatic heterocycles. The van der Waals surface area contributed by atoms with Gasteiger partial charge in [0.25, 0.3) is 0 Å². The average molecular weight is 228 g/mol. The van der Waals surface area contributed by atoms with Crippen molar-refractivity contribution in [3.8, 4) is 0 Å². The summed E-state index contributed by atoms with van der Waals surface area (Å²) in [5.74, 6) is 0.288. The molecule has 1 rings (SSSR count). The highest BCUT2D eigenvalue weighted by Gasteiger charge is 2.27. The van der Waals surface area contributed by atoms with Gasteiger partial charge in [0, 0.05) is 20.1 Å². The Morgan fingerprint density at radius 2 is 2.25 bits per heavy atom. The van der Waals surface area contributed by atoms with Crippen LogP contribution in [-0.4, -0.2) is 43.7 Å². The summed E-state index contributed by atoms with van der Waals surface area (Å²) in [6.07, 6.45) is 5.91. The minimum atomic E-state index is 0.288. The number of hydrogen-bond donors (Lipinski definition) is 1. The van der Waals surface area contributed by atoms with Crippen LogP contribution in [0.2, 0.25) is 0 Å². The van der Waals surface area contributed by atoms with Gasteiger partial charge in [0.2, 0.25) is 5.91 Å². The zero-order valence-corrected chi connectivity index (χ0v) is 10.3. The van der Waals surface area contributed by atoms with E-state index < -0.39 is 0 Å². The molecule has 1 saturated heterocycles. The highest BCUT2D eigenvalue weighted by Crippen LogP contribution is 2.19. The van der Waals surface area contributed by atoms with Gasteiger partial charge < -0.3 is 15.4 Å². The summed E-state index contributed by atoms with van der Waals surface area (Å²) in [4.78, 5) is 13.9. The first-order valence-electron chi connectivity index (χ1n) is 6.28. The number of ether oxygens (including phenoxy) is 1. The number of likely N-dealkylation sites (tertiary alicyclic amines) is 1. The van der Waals surface area contributed by atoms with E-state index in [0.29, 0.717) is 19.1 Å². The van der Waals surface area contributed by atoms with Crippen LogP contribution in [-0.2, 0) is 9.53 Å². The van der Waals surface area contributed by atoms with Gasteiger partial charge in [-0.1, -0.05) is 6.42 Å². The van der Waals surface area contributed by atoms with Crippen molar-refractivity contribution in [3.63, 3.8) is 0 Å². The van der Waals surface area contributed by atoms with Crippen molar-refractivity contribution in [2.75, 3.05) is 26.8 Å². The third-order valence-corrected chi connectivity index (χ3v) is 3.15. The molecule has 94 valence electrons. The number of amides is 1. The third-order valence-electron chi connectivity index (χ3n) is 3.15. The van der Waals surface area contributed by atoms with Crippen molar-refractivity contribution in [1.82, 2.24) is 4.90 Å². The molecule has 0 aromatic carbocycles. The molecule has 1 heterocycles. The second kappa shape index (κ2) is 7.63. The minimum Gasteiger partial charge on any atom is -0.383 e. The van der Waals surface area contributed by atoms with E-state index in [4.69, 9.17) is 10.5 Å². The standard InChI is InChI=1S/C12H24N2O2/c1-16-10-11-6-5-9-14(11)12(15)7-3-2-4-8-13/h11H,2-10,13H2,1H3/t11-/m1/s1. The number of nitrogens with two attached hydrogens (primary N) is 1. The SMILES string of the molecule is COC[C@H]1CCCN1C(=O)CCCCCN. The summed E-state index contributed by atoms with van der Waals surface area (Å²) >= 11 is 0. The van der Waals surface area contributed by atoms with E-state index in [1.54, 1.807) is 7.11 Å². The van der Waals surface area contributed by atoms with Crippen molar-refractivity contribution in [2.24, 2.45) is 5.73 Å². The first kappa shape index (κ1) is 13.5. The Balaban J connectivity index is 2.23. The molecule has 16 heavy (non-hydrogen) atoms. The largest absolute Gasteiger partial charge is 0.383 e. The summed E-state index contributed by atoms with van der Waals surface area (Å²) in [6.45, 7) is 2.31. The Bertz CT molecular complexity index is 209. The maximum absolute atomic E-state index is 11.9. The van der Waals surface area contributed by atoms with Crippen LogP contribution in [0, 0.1) is 0 Å². The van der Waals surface area contributed by atoms with Crippen LogP contribution < -0.4 is 5.73 Å². The summed E-state index contributed by atoms with van der Waals surface area (Å²) in [5, 5.41) is 0. The van der Waals surface area contributed by atoms with Crippen molar-refractivity contribution >= 4 is 5.91 Å². The van der Waals surface area contributed by atoms with E-state index in [9.17, 15) is 4.79 Å². The Kier molecular flexibility index (Phi) is 6.42. The van der Waals surface area contributed by atoms with Gasteiger partial charge in [-0.2, -0.15) is 0 Å². The Hall–Kier alpha value is -0.610. The van der Waals surface area contributed by atoms with Crippen LogP contribution in [0.15, 0.2) is 0 Å². The highest BCUT2D eigenvalue weighted by atomic mass is 16.5. The number of methoxy groups -OCH3 is 1. The van der Waals surface area contributed by atoms with Gasteiger partial charge in [-0.25, -0.2) is 0 Å². The first-order chi connectivity index (χ1) is 7.79. The van der Waals surface area contributed by atoms with E-state index >= 15 is 0 Å². The number of rotatable bonds is 7. The van der Waals surface area contributed by atoms with Crippen molar-refractivity contribution in [2.45, 2.75) is 44.6 Å². The van der Waals surface area contributed by atoms with Gasteiger partial charge in [-0.05, 0) is 32.2 Å². The van der Waals surface area contributed by atoms with Gasteiger partial charge in [-0.15, -0.1) is 0 Å². The lowest BCUT2D eigenvalue weighted by Gasteiger charge is -2.24. The lowest BCUT2D eigenvalue weighted by Crippen LogP contribution is -2.37. The summed E-state index contributed by atoms with van der Waals surface area (Å²) in [7, 11) is 1.70. The van der Waals surface area contributed by atoms with E-state index in [-0.39, 0.29) is 5.91 Å². The fraction of sp³-hybridized carbons (Fsp3) is 0.917. The van der Waals surface area contributed by atoms with Crippen LogP contribution in [0.25, 0.3) is 0 Å². The maximum atomic E-state index is 11.9. The molecule has 0 saturated carbocycles. The predicted molar refractivity (Wildman–Crippen MR) is 64.1 cm³/mol. The van der Waals surface area contributed by atoms with Crippen LogP contribution in [0.4, 0.5) is 0 Å². The summed E-state index contributed by atoms with van der Waals surface area (Å²) < 4.78 is 5.14. The van der Waals surface area contributed by atoms with Gasteiger partial charge >= 0.3 is 0 Å². The zero-order valence-electron chi connectivity index (χ0n) is 10.3. The van der Waals surface area contributed by atoms with Crippen molar-refractivity contribution < 1.29 is 9.53 Å². The number of carbonyl (C=O) groups is 1. The molecule has 1 aliphatic rings. The van der Waals surface area contributed by atoms with Crippen LogP contribution in [0.5, 0.6) is 0 Å². The fourth-order valence-electron chi connectivity index (χ4n) is 2.27. The summed E-state index contributed by atoms with van der Waals surface area (Å²) in [6, 6.07) is 0.312. The fourth-order valence-corrected chi connectivity index (χ4v) is 2.27. The monoisotopic (exact) mass is 228 g/mol. The molecule has 1 aliphatic heterocycles. The smallest absolute Gasteiger partial charge is 0.222 e. The lowest BCUT2D eigenvalue weighted by atomic mass is 10.1. The van der Waals surface area contributed by atoms with Gasteiger partial charge in [0.15, 0.2) is 0 Å². The predicted octanol–water partition coefficient (Wildman–Crippen LogP) is 1.14. The highest BCUT2D eigenvalue weighted by molar-refractivity contribution is 5.76. The first-order valence-corrected chi connectivity index (χ1v) is 6.28. The molecule has 0 radical (unpaired) electrons. The quantitative estimate of drug-likeness (QED) is 0.665. The molecule has 0 aliphatic carbocycles. The molecular weight excluding hydrogens is 204 g/mol. The molecular formula is C12H24N2O2. The number of hydrogen-bond acceptors (Lipinski definition) is 3. The van der Waals surface area contributed by atoms with E-state index in [2.05, 4.69) is 0 Å². The topological polar surface area (TPSA) is 55.6 Å². The lowest BCUT2D eigenvalue weighted by molar-refractivity contribution is -0.133. The molecule has 0 spiro atoms. The molecule has 4 nitrogen and oxygen atoms in total. The maximum Gasteiger partial charge on any atom is 0.222 e. The average Bonchev–Trinajstić information content (AvgIpc) is 2.73. The molecule has 4 heteroatoms. The number of nitrogens with zero attached hydrogens (tertiary/aromatic N) is 1. The van der Waals surface area contributed by atoms with Crippen molar-refractivity contribution in [3.05, 3.63) is 0 Å². The van der Waals surface area contributed by atoms with E-state index in [1.165, 1.54) is 0 Å². The van der Waals surface area contributed by atoms with Crippen molar-refractivity contribution in [1.29, 1.82) is 0 Å². The molecule has 1 atom stereocenters. The summed E-state index contributed by atoms with van der Waals surface area (Å²) in [5.41, 5.74) is 5.42. The number of unbranched alkanes of at least 4 members (excludes halogenated alkanes) is 2. The Morgan fingerprint density at radius 3 is 2.94 bits per heavy atom. The van der Waals surface area contributed by atoms with Crippen LogP contribution in [0.1, 0.15) is 38.5 Å². The van der Waals surface area contributed by atoms with Gasteiger partial charge in [0.1, 0.15) is 0 Å². The molecule has 1 fully saturated rings. The normalized spacial score (nSPS) is 20.4. The Morgan fingerprint density at radius 1 is 1.44 bits per heavy atom. The van der Waals surface area contributed by atoms with E-state index in [1.807, 2.05) is 4.90 Å². The number of carbonyl (C=O) groups excluding carboxylic acids is 1. The van der Waals surface area contributed by atoms with E-state index in [0.717, 1.165) is 45.2 Å². The van der Waals surface area contributed by atoms with Crippen LogP contribution >= 0.6 is 0 Å². The molecule has 0 unspecified atom stereocenters. The van der Waals surface area contributed by atoms with Gasteiger partial charge in [-0.3, -0.25) is 4.79 Å². The Labute approximate surface area is 98.1 Å².